The normalized spacial score (nSPS) is 21.9. The number of halogens is 1. The van der Waals surface area contributed by atoms with Gasteiger partial charge in [0.15, 0.2) is 0 Å². The van der Waals surface area contributed by atoms with Crippen molar-refractivity contribution < 1.29 is 9.59 Å². The molecular weight excluding hydrogens is 404 g/mol. The maximum absolute atomic E-state index is 13.5. The van der Waals surface area contributed by atoms with E-state index in [4.69, 9.17) is 11.6 Å². The van der Waals surface area contributed by atoms with Crippen LogP contribution in [0.2, 0.25) is 5.02 Å². The lowest BCUT2D eigenvalue weighted by Gasteiger charge is -2.33. The van der Waals surface area contributed by atoms with Gasteiger partial charge in [0.1, 0.15) is 12.6 Å². The number of nitrogens with one attached hydrogen (secondary N) is 1. The molecule has 2 atom stereocenters. The summed E-state index contributed by atoms with van der Waals surface area (Å²) in [5.74, 6) is -0.132. The fraction of sp³-hybridized carbons (Fsp3) is 0.409. The number of anilines is 1. The van der Waals surface area contributed by atoms with Crippen LogP contribution in [0, 0.1) is 0 Å². The Morgan fingerprint density at radius 2 is 1.87 bits per heavy atom. The maximum Gasteiger partial charge on any atom is 0.249 e. The van der Waals surface area contributed by atoms with Gasteiger partial charge >= 0.3 is 0 Å². The van der Waals surface area contributed by atoms with Crippen LogP contribution in [0.25, 0.3) is 0 Å². The van der Waals surface area contributed by atoms with Gasteiger partial charge in [-0.1, -0.05) is 23.7 Å². The van der Waals surface area contributed by atoms with Crippen LogP contribution in [-0.2, 0) is 16.1 Å². The molecule has 2 fully saturated rings. The second-order valence-corrected chi connectivity index (χ2v) is 8.55. The van der Waals surface area contributed by atoms with E-state index in [0.717, 1.165) is 5.56 Å². The number of nitrogens with zero attached hydrogens (tertiary/aromatic N) is 3. The molecule has 7 nitrogen and oxygen atoms in total. The summed E-state index contributed by atoms with van der Waals surface area (Å²) in [5.41, 5.74) is 1.45. The first-order valence-electron chi connectivity index (χ1n) is 10.1. The number of rotatable bonds is 4. The Kier molecular flexibility index (Phi) is 5.56. The van der Waals surface area contributed by atoms with E-state index >= 15 is 0 Å². The third-order valence-electron chi connectivity index (χ3n) is 5.91. The van der Waals surface area contributed by atoms with Crippen LogP contribution in [0.1, 0.15) is 25.8 Å². The van der Waals surface area contributed by atoms with Crippen molar-refractivity contribution in [1.82, 2.24) is 14.8 Å². The number of hydrogen-bond donors (Lipinski definition) is 1. The maximum atomic E-state index is 13.5. The lowest BCUT2D eigenvalue weighted by Crippen LogP contribution is -2.52. The average Bonchev–Trinajstić information content (AvgIpc) is 3.11. The number of carbonyl (C=O) groups excluding carboxylic acids is 2. The molecule has 0 spiro atoms. The Balaban J connectivity index is 1.72. The van der Waals surface area contributed by atoms with E-state index in [1.807, 2.05) is 35.8 Å². The predicted octanol–water partition coefficient (Wildman–Crippen LogP) is 2.25. The number of aromatic nitrogens is 1. The molecule has 4 rings (SSSR count). The van der Waals surface area contributed by atoms with Gasteiger partial charge in [0.25, 0.3) is 0 Å². The largest absolute Gasteiger partial charge is 0.358 e. The van der Waals surface area contributed by atoms with E-state index in [0.29, 0.717) is 30.2 Å². The molecule has 2 aliphatic heterocycles. The molecule has 8 heteroatoms. The van der Waals surface area contributed by atoms with E-state index in [1.54, 1.807) is 29.3 Å². The average molecular weight is 429 g/mol. The SMILES string of the molecule is CC(C)N1CC(=O)N(Cc2ccc(Cl)cc2)[C@H]2CCN(c3cc[nH]c(=O)c3)C2C1=O. The lowest BCUT2D eigenvalue weighted by molar-refractivity contribution is -0.138. The van der Waals surface area contributed by atoms with E-state index < -0.39 is 6.04 Å². The molecule has 0 saturated carbocycles. The summed E-state index contributed by atoms with van der Waals surface area (Å²) in [4.78, 5) is 46.7. The highest BCUT2D eigenvalue weighted by molar-refractivity contribution is 6.30. The monoisotopic (exact) mass is 428 g/mol. The molecule has 3 heterocycles. The van der Waals surface area contributed by atoms with Gasteiger partial charge < -0.3 is 19.7 Å². The molecule has 2 amide bonds. The fourth-order valence-corrected chi connectivity index (χ4v) is 4.53. The number of benzene rings is 1. The summed E-state index contributed by atoms with van der Waals surface area (Å²) < 4.78 is 0. The van der Waals surface area contributed by atoms with Crippen molar-refractivity contribution in [3.63, 3.8) is 0 Å². The van der Waals surface area contributed by atoms with Crippen molar-refractivity contribution in [2.75, 3.05) is 18.0 Å². The summed E-state index contributed by atoms with van der Waals surface area (Å²) in [6, 6.07) is 9.84. The molecule has 0 aliphatic carbocycles. The third-order valence-corrected chi connectivity index (χ3v) is 6.16. The van der Waals surface area contributed by atoms with Gasteiger partial charge in [-0.15, -0.1) is 0 Å². The van der Waals surface area contributed by atoms with Crippen LogP contribution in [0.3, 0.4) is 0 Å². The molecule has 2 aliphatic rings. The highest BCUT2D eigenvalue weighted by Crippen LogP contribution is 2.33. The van der Waals surface area contributed by atoms with E-state index in [-0.39, 0.29) is 36.0 Å². The predicted molar refractivity (Wildman–Crippen MR) is 115 cm³/mol. The first-order valence-corrected chi connectivity index (χ1v) is 10.5. The van der Waals surface area contributed by atoms with Gasteiger partial charge in [0, 0.05) is 42.1 Å². The molecule has 2 saturated heterocycles. The molecule has 2 aromatic rings. The highest BCUT2D eigenvalue weighted by atomic mass is 35.5. The van der Waals surface area contributed by atoms with Crippen molar-refractivity contribution in [2.45, 2.75) is 44.9 Å². The first-order chi connectivity index (χ1) is 14.3. The fourth-order valence-electron chi connectivity index (χ4n) is 4.40. The molecule has 0 radical (unpaired) electrons. The molecule has 1 unspecified atom stereocenters. The molecule has 0 bridgehead atoms. The molecule has 1 aromatic heterocycles. The minimum Gasteiger partial charge on any atom is -0.358 e. The van der Waals surface area contributed by atoms with E-state index in [9.17, 15) is 14.4 Å². The number of aromatic amines is 1. The van der Waals surface area contributed by atoms with Gasteiger partial charge in [0.2, 0.25) is 17.4 Å². The van der Waals surface area contributed by atoms with Gasteiger partial charge in [-0.25, -0.2) is 0 Å². The standard InChI is InChI=1S/C22H25ClN4O3/c1-14(2)26-13-20(29)27(12-15-3-5-16(23)6-4-15)18-8-10-25(21(18)22(26)30)17-7-9-24-19(28)11-17/h3-7,9,11,14,18,21H,8,10,12-13H2,1-2H3,(H,24,28)/t18-,21?/m0/s1. The van der Waals surface area contributed by atoms with E-state index in [1.165, 1.54) is 6.07 Å². The van der Waals surface area contributed by atoms with Crippen LogP contribution in [0.5, 0.6) is 0 Å². The molecule has 1 aromatic carbocycles. The zero-order valence-electron chi connectivity index (χ0n) is 17.0. The van der Waals surface area contributed by atoms with Crippen LogP contribution in [-0.4, -0.2) is 57.8 Å². The summed E-state index contributed by atoms with van der Waals surface area (Å²) in [6.45, 7) is 4.91. The second-order valence-electron chi connectivity index (χ2n) is 8.11. The topological polar surface area (TPSA) is 76.7 Å². The van der Waals surface area contributed by atoms with Crippen LogP contribution < -0.4 is 10.5 Å². The van der Waals surface area contributed by atoms with Gasteiger partial charge in [-0.3, -0.25) is 14.4 Å². The van der Waals surface area contributed by atoms with Crippen molar-refractivity contribution in [1.29, 1.82) is 0 Å². The van der Waals surface area contributed by atoms with Crippen LogP contribution in [0.4, 0.5) is 5.69 Å². The molecule has 1 N–H and O–H groups in total. The quantitative estimate of drug-likeness (QED) is 0.810. The number of hydrogen-bond acceptors (Lipinski definition) is 4. The minimum atomic E-state index is -0.520. The number of amides is 2. The zero-order chi connectivity index (χ0) is 21.4. The number of carbonyl (C=O) groups is 2. The number of pyridine rings is 1. The number of H-pyrrole nitrogens is 1. The highest BCUT2D eigenvalue weighted by Gasteiger charge is 2.48. The summed E-state index contributed by atoms with van der Waals surface area (Å²) in [6.07, 6.45) is 2.25. The molecular formula is C22H25ClN4O3. The Bertz CT molecular complexity index is 1000. The first kappa shape index (κ1) is 20.5. The molecule has 30 heavy (non-hydrogen) atoms. The Labute approximate surface area is 180 Å². The number of fused-ring (bicyclic) bond motifs is 1. The summed E-state index contributed by atoms with van der Waals surface area (Å²) in [7, 11) is 0. The van der Waals surface area contributed by atoms with Gasteiger partial charge in [-0.2, -0.15) is 0 Å². The Morgan fingerprint density at radius 3 is 2.53 bits per heavy atom. The molecule has 158 valence electrons. The van der Waals surface area contributed by atoms with E-state index in [2.05, 4.69) is 4.98 Å². The summed E-state index contributed by atoms with van der Waals surface area (Å²) >= 11 is 6.00. The Hall–Kier alpha value is -2.80. The smallest absolute Gasteiger partial charge is 0.249 e. The van der Waals surface area contributed by atoms with Gasteiger partial charge in [-0.05, 0) is 44.0 Å². The van der Waals surface area contributed by atoms with Crippen LogP contribution >= 0.6 is 11.6 Å². The minimum absolute atomic E-state index is 0.0559. The van der Waals surface area contributed by atoms with Crippen molar-refractivity contribution in [2.24, 2.45) is 0 Å². The van der Waals surface area contributed by atoms with Crippen molar-refractivity contribution >= 4 is 29.1 Å². The van der Waals surface area contributed by atoms with Crippen molar-refractivity contribution in [3.8, 4) is 0 Å². The van der Waals surface area contributed by atoms with Crippen LogP contribution in [0.15, 0.2) is 47.4 Å². The second kappa shape index (κ2) is 8.14. The van der Waals surface area contributed by atoms with Gasteiger partial charge in [0.05, 0.1) is 6.04 Å². The summed E-state index contributed by atoms with van der Waals surface area (Å²) in [5, 5.41) is 0.640. The van der Waals surface area contributed by atoms with Crippen molar-refractivity contribution in [3.05, 3.63) is 63.5 Å². The zero-order valence-corrected chi connectivity index (χ0v) is 17.8. The third kappa shape index (κ3) is 3.81. The Morgan fingerprint density at radius 1 is 1.13 bits per heavy atom. The lowest BCUT2D eigenvalue weighted by atomic mass is 10.0.